The van der Waals surface area contributed by atoms with Crippen molar-refractivity contribution < 1.29 is 9.18 Å². The predicted octanol–water partition coefficient (Wildman–Crippen LogP) is 4.75. The molecule has 1 amide bonds. The van der Waals surface area contributed by atoms with Crippen LogP contribution in [0.1, 0.15) is 16.7 Å². The molecule has 4 heteroatoms. The van der Waals surface area contributed by atoms with Gasteiger partial charge in [-0.15, -0.1) is 0 Å². The van der Waals surface area contributed by atoms with Crippen molar-refractivity contribution in [3.8, 4) is 0 Å². The summed E-state index contributed by atoms with van der Waals surface area (Å²) in [5.41, 5.74) is 3.15. The second kappa shape index (κ2) is 6.55. The second-order valence-electron chi connectivity index (χ2n) is 4.76. The Balaban J connectivity index is 2.11. The molecule has 0 saturated carbocycles. The van der Waals surface area contributed by atoms with Gasteiger partial charge >= 0.3 is 0 Å². The molecule has 2 nitrogen and oxygen atoms in total. The Morgan fingerprint density at radius 2 is 1.95 bits per heavy atom. The van der Waals surface area contributed by atoms with Crippen LogP contribution in [0.3, 0.4) is 0 Å². The first-order valence-electron chi connectivity index (χ1n) is 6.47. The van der Waals surface area contributed by atoms with Gasteiger partial charge in [-0.2, -0.15) is 0 Å². The van der Waals surface area contributed by atoms with Crippen LogP contribution in [0.5, 0.6) is 0 Å². The van der Waals surface area contributed by atoms with E-state index in [-0.39, 0.29) is 16.5 Å². The first kappa shape index (κ1) is 15.3. The quantitative estimate of drug-likeness (QED) is 0.815. The Bertz CT molecular complexity index is 690. The van der Waals surface area contributed by atoms with Crippen LogP contribution in [0.15, 0.2) is 42.5 Å². The molecule has 0 bridgehead atoms. The topological polar surface area (TPSA) is 29.1 Å². The van der Waals surface area contributed by atoms with Crippen molar-refractivity contribution in [2.75, 3.05) is 5.32 Å². The minimum absolute atomic E-state index is 0.203. The molecule has 0 aliphatic rings. The van der Waals surface area contributed by atoms with Gasteiger partial charge in [0.15, 0.2) is 0 Å². The average Bonchev–Trinajstić information content (AvgIpc) is 2.42. The molecule has 0 aliphatic heterocycles. The Morgan fingerprint density at radius 1 is 1.19 bits per heavy atom. The lowest BCUT2D eigenvalue weighted by Crippen LogP contribution is -2.08. The minimum Gasteiger partial charge on any atom is -0.323 e. The fourth-order valence-electron chi connectivity index (χ4n) is 1.83. The molecule has 0 spiro atoms. The Hall–Kier alpha value is -2.13. The Morgan fingerprint density at radius 3 is 2.62 bits per heavy atom. The molecule has 2 rings (SSSR count). The molecular weight excluding hydrogens is 289 g/mol. The summed E-state index contributed by atoms with van der Waals surface area (Å²) in [6.07, 6.45) is 2.63. The number of hydrogen-bond acceptors (Lipinski definition) is 1. The number of aryl methyl sites for hydroxylation is 2. The number of anilines is 1. The molecule has 21 heavy (non-hydrogen) atoms. The zero-order chi connectivity index (χ0) is 15.4. The summed E-state index contributed by atoms with van der Waals surface area (Å²) in [5.74, 6) is -0.796. The Kier molecular flexibility index (Phi) is 4.76. The number of amides is 1. The Labute approximate surface area is 128 Å². The van der Waals surface area contributed by atoms with E-state index < -0.39 is 5.82 Å². The van der Waals surface area contributed by atoms with Gasteiger partial charge < -0.3 is 5.32 Å². The van der Waals surface area contributed by atoms with E-state index in [1.807, 2.05) is 32.0 Å². The van der Waals surface area contributed by atoms with Crippen molar-refractivity contribution >= 4 is 29.3 Å². The smallest absolute Gasteiger partial charge is 0.248 e. The van der Waals surface area contributed by atoms with Crippen LogP contribution < -0.4 is 5.32 Å². The zero-order valence-electron chi connectivity index (χ0n) is 11.8. The van der Waals surface area contributed by atoms with Crippen LogP contribution in [0.25, 0.3) is 6.08 Å². The van der Waals surface area contributed by atoms with Gasteiger partial charge in [0.1, 0.15) is 5.82 Å². The van der Waals surface area contributed by atoms with E-state index in [1.54, 1.807) is 6.07 Å². The van der Waals surface area contributed by atoms with Crippen molar-refractivity contribution in [3.63, 3.8) is 0 Å². The number of benzene rings is 2. The van der Waals surface area contributed by atoms with Gasteiger partial charge in [-0.25, -0.2) is 4.39 Å². The van der Waals surface area contributed by atoms with Crippen LogP contribution in [0.4, 0.5) is 10.1 Å². The van der Waals surface area contributed by atoms with Gasteiger partial charge in [-0.1, -0.05) is 23.7 Å². The van der Waals surface area contributed by atoms with Gasteiger partial charge in [0.25, 0.3) is 0 Å². The molecular formula is C17H15ClFNO. The molecule has 0 saturated heterocycles. The lowest BCUT2D eigenvalue weighted by atomic mass is 10.1. The standard InChI is InChI=1S/C17H15ClFNO/c1-11-6-7-13(10-12(11)2)20-17(21)9-8-14-15(18)4-3-5-16(14)19/h3-10H,1-2H3,(H,20,21)/b9-8+. The summed E-state index contributed by atoms with van der Waals surface area (Å²) in [6.45, 7) is 3.97. The lowest BCUT2D eigenvalue weighted by Gasteiger charge is -2.05. The molecule has 1 N–H and O–H groups in total. The molecule has 0 unspecified atom stereocenters. The molecule has 0 atom stereocenters. The second-order valence-corrected chi connectivity index (χ2v) is 5.16. The molecule has 0 aliphatic carbocycles. The van der Waals surface area contributed by atoms with Crippen LogP contribution >= 0.6 is 11.6 Å². The van der Waals surface area contributed by atoms with E-state index in [1.165, 1.54) is 24.3 Å². The van der Waals surface area contributed by atoms with Gasteiger partial charge in [0, 0.05) is 17.3 Å². The highest BCUT2D eigenvalue weighted by Crippen LogP contribution is 2.20. The highest BCUT2D eigenvalue weighted by molar-refractivity contribution is 6.32. The highest BCUT2D eigenvalue weighted by Gasteiger charge is 2.04. The fourth-order valence-corrected chi connectivity index (χ4v) is 2.06. The molecule has 0 aromatic heterocycles. The monoisotopic (exact) mass is 303 g/mol. The van der Waals surface area contributed by atoms with Crippen molar-refractivity contribution in [2.45, 2.75) is 13.8 Å². The largest absolute Gasteiger partial charge is 0.323 e. The maximum atomic E-state index is 13.6. The van der Waals surface area contributed by atoms with Crippen LogP contribution in [-0.4, -0.2) is 5.91 Å². The molecule has 2 aromatic rings. The number of carbonyl (C=O) groups is 1. The van der Waals surface area contributed by atoms with E-state index in [2.05, 4.69) is 5.32 Å². The summed E-state index contributed by atoms with van der Waals surface area (Å²) in [6, 6.07) is 10.0. The third-order valence-corrected chi connectivity index (χ3v) is 3.51. The van der Waals surface area contributed by atoms with E-state index in [0.29, 0.717) is 5.69 Å². The SMILES string of the molecule is Cc1ccc(NC(=O)/C=C/c2c(F)cccc2Cl)cc1C. The van der Waals surface area contributed by atoms with E-state index in [0.717, 1.165) is 11.1 Å². The van der Waals surface area contributed by atoms with Crippen molar-refractivity contribution in [1.82, 2.24) is 0 Å². The minimum atomic E-state index is -0.460. The van der Waals surface area contributed by atoms with Crippen LogP contribution in [0, 0.1) is 19.7 Å². The van der Waals surface area contributed by atoms with Crippen molar-refractivity contribution in [2.24, 2.45) is 0 Å². The summed E-state index contributed by atoms with van der Waals surface area (Å²) in [4.78, 5) is 11.8. The van der Waals surface area contributed by atoms with Crippen LogP contribution in [-0.2, 0) is 4.79 Å². The maximum absolute atomic E-state index is 13.6. The predicted molar refractivity (Wildman–Crippen MR) is 85.0 cm³/mol. The molecule has 0 radical (unpaired) electrons. The summed E-state index contributed by atoms with van der Waals surface area (Å²) < 4.78 is 13.6. The van der Waals surface area contributed by atoms with Gasteiger partial charge in [-0.05, 0) is 55.3 Å². The summed E-state index contributed by atoms with van der Waals surface area (Å²) in [7, 11) is 0. The van der Waals surface area contributed by atoms with E-state index in [4.69, 9.17) is 11.6 Å². The molecule has 0 fully saturated rings. The highest BCUT2D eigenvalue weighted by atomic mass is 35.5. The van der Waals surface area contributed by atoms with E-state index in [9.17, 15) is 9.18 Å². The number of hydrogen-bond donors (Lipinski definition) is 1. The van der Waals surface area contributed by atoms with Gasteiger partial charge in [0.2, 0.25) is 5.91 Å². The molecule has 0 heterocycles. The normalized spacial score (nSPS) is 10.9. The number of nitrogens with one attached hydrogen (secondary N) is 1. The van der Waals surface area contributed by atoms with Gasteiger partial charge in [0.05, 0.1) is 5.02 Å². The number of carbonyl (C=O) groups excluding carboxylic acids is 1. The fraction of sp³-hybridized carbons (Fsp3) is 0.118. The molecule has 2 aromatic carbocycles. The summed E-state index contributed by atoms with van der Waals surface area (Å²) >= 11 is 5.89. The number of halogens is 2. The third kappa shape index (κ3) is 3.92. The average molecular weight is 304 g/mol. The number of rotatable bonds is 3. The summed E-state index contributed by atoms with van der Waals surface area (Å²) in [5, 5.41) is 3.00. The molecule has 108 valence electrons. The van der Waals surface area contributed by atoms with Crippen LogP contribution in [0.2, 0.25) is 5.02 Å². The first-order chi connectivity index (χ1) is 9.97. The first-order valence-corrected chi connectivity index (χ1v) is 6.85. The third-order valence-electron chi connectivity index (χ3n) is 3.18. The van der Waals surface area contributed by atoms with E-state index >= 15 is 0 Å². The zero-order valence-corrected chi connectivity index (χ0v) is 12.5. The van der Waals surface area contributed by atoms with Crippen molar-refractivity contribution in [3.05, 3.63) is 70.0 Å². The van der Waals surface area contributed by atoms with Gasteiger partial charge in [-0.3, -0.25) is 4.79 Å². The lowest BCUT2D eigenvalue weighted by molar-refractivity contribution is -0.111. The van der Waals surface area contributed by atoms with Crippen molar-refractivity contribution in [1.29, 1.82) is 0 Å². The maximum Gasteiger partial charge on any atom is 0.248 e.